The van der Waals surface area contributed by atoms with Crippen molar-refractivity contribution in [2.24, 2.45) is 5.92 Å². The summed E-state index contributed by atoms with van der Waals surface area (Å²) in [5.41, 5.74) is -3.17. The van der Waals surface area contributed by atoms with Crippen LogP contribution in [0.25, 0.3) is 0 Å². The second-order valence-corrected chi connectivity index (χ2v) is 10.9. The van der Waals surface area contributed by atoms with Crippen LogP contribution in [0.3, 0.4) is 0 Å². The summed E-state index contributed by atoms with van der Waals surface area (Å²) in [5, 5.41) is 0. The molecule has 0 aromatic carbocycles. The molecule has 1 unspecified atom stereocenters. The van der Waals surface area contributed by atoms with Crippen LogP contribution in [0, 0.1) is 5.92 Å². The van der Waals surface area contributed by atoms with E-state index in [0.717, 1.165) is 25.7 Å². The lowest BCUT2D eigenvalue weighted by Crippen LogP contribution is -2.33. The summed E-state index contributed by atoms with van der Waals surface area (Å²) in [6, 6.07) is 0. The number of hydrogen-bond acceptors (Lipinski definition) is 2. The van der Waals surface area contributed by atoms with Gasteiger partial charge < -0.3 is 9.79 Å². The fourth-order valence-corrected chi connectivity index (χ4v) is 7.70. The molecule has 104 valence electrons. The zero-order chi connectivity index (χ0) is 13.5. The molecule has 2 nitrogen and oxygen atoms in total. The summed E-state index contributed by atoms with van der Waals surface area (Å²) < 4.78 is -0.0526. The highest BCUT2D eigenvalue weighted by Gasteiger charge is 2.38. The second kappa shape index (κ2) is 8.16. The van der Waals surface area contributed by atoms with Crippen molar-refractivity contribution in [3.8, 4) is 0 Å². The van der Waals surface area contributed by atoms with Gasteiger partial charge in [0, 0.05) is 4.75 Å². The minimum atomic E-state index is -3.17. The van der Waals surface area contributed by atoms with Crippen LogP contribution in [0.1, 0.15) is 66.2 Å². The second-order valence-electron chi connectivity index (χ2n) is 4.60. The molecule has 0 radical (unpaired) electrons. The smallest absolute Gasteiger partial charge is 0.242 e. The Bertz CT molecular complexity index is 249. The van der Waals surface area contributed by atoms with Crippen LogP contribution >= 0.6 is 17.1 Å². The Labute approximate surface area is 116 Å². The van der Waals surface area contributed by atoms with Crippen molar-refractivity contribution in [1.82, 2.24) is 0 Å². The molecule has 0 rings (SSSR count). The van der Waals surface area contributed by atoms with E-state index in [1.165, 1.54) is 24.2 Å². The van der Waals surface area contributed by atoms with Crippen LogP contribution in [-0.4, -0.2) is 14.5 Å². The van der Waals surface area contributed by atoms with Crippen molar-refractivity contribution >= 4 is 28.9 Å². The van der Waals surface area contributed by atoms with E-state index >= 15 is 0 Å². The fourth-order valence-electron chi connectivity index (χ4n) is 2.56. The summed E-state index contributed by atoms with van der Waals surface area (Å²) in [6.45, 7) is 8.66. The molecule has 0 spiro atoms. The lowest BCUT2D eigenvalue weighted by Gasteiger charge is -2.39. The zero-order valence-electron chi connectivity index (χ0n) is 11.5. The predicted octanol–water partition coefficient (Wildman–Crippen LogP) is 4.70. The topological polar surface area (TPSA) is 40.5 Å². The van der Waals surface area contributed by atoms with E-state index in [4.69, 9.17) is 11.8 Å². The molecule has 0 aromatic rings. The molecule has 0 heterocycles. The summed E-state index contributed by atoms with van der Waals surface area (Å²) in [6.07, 6.45) is 6.56. The van der Waals surface area contributed by atoms with Gasteiger partial charge in [-0.25, -0.2) is 0 Å². The molecule has 0 aliphatic rings. The quantitative estimate of drug-likeness (QED) is 0.605. The van der Waals surface area contributed by atoms with Crippen molar-refractivity contribution in [1.29, 1.82) is 0 Å². The monoisotopic (exact) mass is 298 g/mol. The molecule has 0 bridgehead atoms. The van der Waals surface area contributed by atoms with Gasteiger partial charge in [-0.2, -0.15) is 0 Å². The van der Waals surface area contributed by atoms with Gasteiger partial charge in [-0.1, -0.05) is 58.3 Å². The van der Waals surface area contributed by atoms with Crippen LogP contribution in [0.5, 0.6) is 0 Å². The highest BCUT2D eigenvalue weighted by Crippen LogP contribution is 2.62. The van der Waals surface area contributed by atoms with Crippen LogP contribution in [-0.2, 0) is 11.8 Å². The Morgan fingerprint density at radius 1 is 1.18 bits per heavy atom. The van der Waals surface area contributed by atoms with Crippen molar-refractivity contribution < 1.29 is 9.79 Å². The molecule has 0 saturated carbocycles. The van der Waals surface area contributed by atoms with Crippen LogP contribution < -0.4 is 0 Å². The Balaban J connectivity index is 4.93. The first-order valence-corrected chi connectivity index (χ1v) is 10.7. The number of unbranched alkanes of at least 4 members (excludes halogenated alkanes) is 1. The Morgan fingerprint density at radius 2 is 1.71 bits per heavy atom. The number of rotatable bonds is 9. The third kappa shape index (κ3) is 6.07. The maximum Gasteiger partial charge on any atom is 0.242 e. The average Bonchev–Trinajstić information content (AvgIpc) is 2.26. The third-order valence-corrected chi connectivity index (χ3v) is 7.63. The predicted molar refractivity (Wildman–Crippen MR) is 82.9 cm³/mol. The van der Waals surface area contributed by atoms with Crippen molar-refractivity contribution in [2.75, 3.05) is 0 Å². The van der Waals surface area contributed by atoms with Gasteiger partial charge in [-0.05, 0) is 37.0 Å². The minimum Gasteiger partial charge on any atom is -0.338 e. The van der Waals surface area contributed by atoms with E-state index in [0.29, 0.717) is 5.92 Å². The molecule has 1 atom stereocenters. The van der Waals surface area contributed by atoms with E-state index in [2.05, 4.69) is 27.7 Å². The van der Waals surface area contributed by atoms with E-state index in [1.54, 1.807) is 0 Å². The maximum atomic E-state index is 9.63. The zero-order valence-corrected chi connectivity index (χ0v) is 14.0. The van der Waals surface area contributed by atoms with Gasteiger partial charge in [0.1, 0.15) is 0 Å². The van der Waals surface area contributed by atoms with Crippen molar-refractivity contribution in [3.63, 3.8) is 0 Å². The summed E-state index contributed by atoms with van der Waals surface area (Å²) >= 11 is 6.10. The largest absolute Gasteiger partial charge is 0.338 e. The lowest BCUT2D eigenvalue weighted by molar-refractivity contribution is 0.318. The molecule has 17 heavy (non-hydrogen) atoms. The fraction of sp³-hybridized carbons (Fsp3) is 1.00. The summed E-state index contributed by atoms with van der Waals surface area (Å²) in [4.78, 5) is 19.3. The van der Waals surface area contributed by atoms with Crippen LogP contribution in [0.4, 0.5) is 0 Å². The van der Waals surface area contributed by atoms with Gasteiger partial charge in [0.15, 0.2) is 0 Å². The van der Waals surface area contributed by atoms with Crippen molar-refractivity contribution in [3.05, 3.63) is 0 Å². The third-order valence-electron chi connectivity index (χ3n) is 3.64. The summed E-state index contributed by atoms with van der Waals surface area (Å²) in [7, 11) is 0. The highest BCUT2D eigenvalue weighted by molar-refractivity contribution is 8.67. The van der Waals surface area contributed by atoms with E-state index in [1.807, 2.05) is 0 Å². The van der Waals surface area contributed by atoms with E-state index in [-0.39, 0.29) is 4.75 Å². The van der Waals surface area contributed by atoms with Crippen LogP contribution in [0.2, 0.25) is 0 Å². The molecule has 0 aliphatic carbocycles. The van der Waals surface area contributed by atoms with Crippen molar-refractivity contribution in [2.45, 2.75) is 71.0 Å². The molecule has 2 N–H and O–H groups in total. The van der Waals surface area contributed by atoms with E-state index < -0.39 is 5.69 Å². The molecular formula is C12H27O2PS2. The lowest BCUT2D eigenvalue weighted by atomic mass is 9.81. The number of hydrogen-bond donors (Lipinski definition) is 2. The van der Waals surface area contributed by atoms with Gasteiger partial charge in [0.25, 0.3) is 0 Å². The Kier molecular flexibility index (Phi) is 8.60. The molecule has 0 aromatic heterocycles. The van der Waals surface area contributed by atoms with Gasteiger partial charge in [-0.3, -0.25) is 0 Å². The molecule has 0 aliphatic heterocycles. The molecule has 0 amide bonds. The SMILES string of the molecule is CCCCC(CC)C(CC)(CC)SP(O)(O)=S. The Hall–Kier alpha value is 0.920. The van der Waals surface area contributed by atoms with Gasteiger partial charge in [0.2, 0.25) is 5.69 Å². The normalized spacial score (nSPS) is 14.9. The maximum absolute atomic E-state index is 9.63. The first kappa shape index (κ1) is 17.9. The first-order valence-electron chi connectivity index (χ1n) is 6.61. The minimum absolute atomic E-state index is 0.0526. The van der Waals surface area contributed by atoms with Gasteiger partial charge in [0.05, 0.1) is 0 Å². The first-order chi connectivity index (χ1) is 7.85. The highest BCUT2D eigenvalue weighted by atomic mass is 32.9. The molecular weight excluding hydrogens is 271 g/mol. The molecule has 0 saturated heterocycles. The summed E-state index contributed by atoms with van der Waals surface area (Å²) in [5.74, 6) is 0.532. The van der Waals surface area contributed by atoms with E-state index in [9.17, 15) is 9.79 Å². The Morgan fingerprint density at radius 3 is 2.00 bits per heavy atom. The standard InChI is InChI=1S/C12H27O2PS2/c1-5-9-10-11(6-2)12(7-3,8-4)17-15(13,14)16/h11H,5-10H2,1-4H3,(H2,13,14,16). The average molecular weight is 298 g/mol. The molecule has 5 heteroatoms. The molecule has 0 fully saturated rings. The van der Waals surface area contributed by atoms with Gasteiger partial charge >= 0.3 is 0 Å². The van der Waals surface area contributed by atoms with Gasteiger partial charge in [-0.15, -0.1) is 0 Å². The van der Waals surface area contributed by atoms with Crippen LogP contribution in [0.15, 0.2) is 0 Å².